The first-order valence-corrected chi connectivity index (χ1v) is 7.33. The second kappa shape index (κ2) is 7.81. The number of nitrogens with one attached hydrogen (secondary N) is 1. The molecule has 0 saturated heterocycles. The van der Waals surface area contributed by atoms with Gasteiger partial charge in [0.05, 0.1) is 5.56 Å². The molecule has 0 aliphatic heterocycles. The number of benzene rings is 1. The van der Waals surface area contributed by atoms with Gasteiger partial charge in [0.1, 0.15) is 0 Å². The summed E-state index contributed by atoms with van der Waals surface area (Å²) >= 11 is 0. The maximum Gasteiger partial charge on any atom is 0.339 e. The van der Waals surface area contributed by atoms with Crippen LogP contribution in [0.3, 0.4) is 0 Å². The molecule has 21 heavy (non-hydrogen) atoms. The molecule has 0 aliphatic carbocycles. The summed E-state index contributed by atoms with van der Waals surface area (Å²) in [7, 11) is 0. The van der Waals surface area contributed by atoms with Crippen LogP contribution in [0.4, 0.5) is 0 Å². The minimum absolute atomic E-state index is 0.232. The molecule has 1 rings (SSSR count). The predicted molar refractivity (Wildman–Crippen MR) is 83.4 cm³/mol. The molecule has 0 fully saturated rings. The van der Waals surface area contributed by atoms with Gasteiger partial charge in [-0.15, -0.1) is 0 Å². The fraction of sp³-hybridized carbons (Fsp3) is 0.529. The topological polar surface area (TPSA) is 55.4 Å². The van der Waals surface area contributed by atoms with E-state index < -0.39 is 5.97 Å². The Morgan fingerprint density at radius 3 is 2.24 bits per heavy atom. The van der Waals surface area contributed by atoms with Crippen LogP contribution in [-0.4, -0.2) is 25.0 Å². The van der Waals surface area contributed by atoms with Gasteiger partial charge in [0.2, 0.25) is 0 Å². The largest absolute Gasteiger partial charge is 0.452 e. The number of hydrogen-bond donors (Lipinski definition) is 1. The van der Waals surface area contributed by atoms with Gasteiger partial charge in [0.25, 0.3) is 5.91 Å². The number of carbonyl (C=O) groups is 2. The summed E-state index contributed by atoms with van der Waals surface area (Å²) in [6, 6.07) is 3.87. The summed E-state index contributed by atoms with van der Waals surface area (Å²) in [6.45, 7) is 10.3. The third-order valence-electron chi connectivity index (χ3n) is 3.26. The quantitative estimate of drug-likeness (QED) is 0.820. The molecule has 1 aromatic rings. The Morgan fingerprint density at radius 2 is 1.71 bits per heavy atom. The van der Waals surface area contributed by atoms with Crippen LogP contribution in [0.1, 0.15) is 47.3 Å². The zero-order valence-electron chi connectivity index (χ0n) is 13.6. The lowest BCUT2D eigenvalue weighted by molar-refractivity contribution is -0.124. The standard InChI is InChI=1S/C17H25NO3/c1-11(2)6-7-18-15(19)10-21-17(20)16-13(4)8-12(3)9-14(16)5/h8-9,11H,6-7,10H2,1-5H3,(H,18,19). The van der Waals surface area contributed by atoms with Crippen LogP contribution in [0.5, 0.6) is 0 Å². The summed E-state index contributed by atoms with van der Waals surface area (Å²) in [4.78, 5) is 23.7. The Balaban J connectivity index is 2.53. The highest BCUT2D eigenvalue weighted by Crippen LogP contribution is 2.17. The van der Waals surface area contributed by atoms with Crippen molar-refractivity contribution in [3.8, 4) is 0 Å². The van der Waals surface area contributed by atoms with Gasteiger partial charge in [0, 0.05) is 6.54 Å². The van der Waals surface area contributed by atoms with Gasteiger partial charge in [-0.05, 0) is 44.2 Å². The highest BCUT2D eigenvalue weighted by Gasteiger charge is 2.15. The van der Waals surface area contributed by atoms with Gasteiger partial charge >= 0.3 is 5.97 Å². The monoisotopic (exact) mass is 291 g/mol. The number of hydrogen-bond acceptors (Lipinski definition) is 3. The van der Waals surface area contributed by atoms with Crippen LogP contribution < -0.4 is 5.32 Å². The predicted octanol–water partition coefficient (Wildman–Crippen LogP) is 2.93. The molecular formula is C17H25NO3. The average Bonchev–Trinajstić information content (AvgIpc) is 2.34. The van der Waals surface area contributed by atoms with Crippen molar-refractivity contribution in [1.29, 1.82) is 0 Å². The Bertz CT molecular complexity index is 498. The van der Waals surface area contributed by atoms with Crippen molar-refractivity contribution in [2.45, 2.75) is 41.0 Å². The fourth-order valence-corrected chi connectivity index (χ4v) is 2.26. The lowest BCUT2D eigenvalue weighted by atomic mass is 10.00. The number of rotatable bonds is 6. The minimum atomic E-state index is -0.441. The van der Waals surface area contributed by atoms with Gasteiger partial charge in [0.15, 0.2) is 6.61 Å². The molecule has 0 heterocycles. The Kier molecular flexibility index (Phi) is 6.40. The zero-order valence-corrected chi connectivity index (χ0v) is 13.6. The lowest BCUT2D eigenvalue weighted by Gasteiger charge is -2.11. The lowest BCUT2D eigenvalue weighted by Crippen LogP contribution is -2.30. The summed E-state index contributed by atoms with van der Waals surface area (Å²) in [6.07, 6.45) is 0.913. The van der Waals surface area contributed by atoms with Gasteiger partial charge in [-0.2, -0.15) is 0 Å². The van der Waals surface area contributed by atoms with Gasteiger partial charge < -0.3 is 10.1 Å². The third kappa shape index (κ3) is 5.58. The van der Waals surface area contributed by atoms with E-state index in [9.17, 15) is 9.59 Å². The number of carbonyl (C=O) groups excluding carboxylic acids is 2. The Hall–Kier alpha value is -1.84. The molecule has 0 saturated carbocycles. The molecule has 0 unspecified atom stereocenters. The van der Waals surface area contributed by atoms with Crippen LogP contribution in [0.2, 0.25) is 0 Å². The van der Waals surface area contributed by atoms with Gasteiger partial charge in [-0.3, -0.25) is 4.79 Å². The van der Waals surface area contributed by atoms with Crippen molar-refractivity contribution in [2.24, 2.45) is 5.92 Å². The second-order valence-corrected chi connectivity index (χ2v) is 5.88. The molecule has 0 aromatic heterocycles. The maximum atomic E-state index is 12.1. The summed E-state index contributed by atoms with van der Waals surface area (Å²) in [5.41, 5.74) is 3.40. The molecular weight excluding hydrogens is 266 g/mol. The van der Waals surface area contributed by atoms with Crippen molar-refractivity contribution in [2.75, 3.05) is 13.2 Å². The zero-order chi connectivity index (χ0) is 16.0. The van der Waals surface area contributed by atoms with Crippen molar-refractivity contribution in [3.63, 3.8) is 0 Å². The minimum Gasteiger partial charge on any atom is -0.452 e. The van der Waals surface area contributed by atoms with E-state index in [1.54, 1.807) is 0 Å². The van der Waals surface area contributed by atoms with Crippen LogP contribution in [-0.2, 0) is 9.53 Å². The SMILES string of the molecule is Cc1cc(C)c(C(=O)OCC(=O)NCCC(C)C)c(C)c1. The van der Waals surface area contributed by atoms with E-state index in [2.05, 4.69) is 19.2 Å². The highest BCUT2D eigenvalue weighted by atomic mass is 16.5. The molecule has 0 aliphatic rings. The first-order valence-electron chi connectivity index (χ1n) is 7.33. The molecule has 0 bridgehead atoms. The van der Waals surface area contributed by atoms with Crippen LogP contribution in [0, 0.1) is 26.7 Å². The summed E-state index contributed by atoms with van der Waals surface area (Å²) < 4.78 is 5.10. The Labute approximate surface area is 126 Å². The molecule has 4 heteroatoms. The van der Waals surface area contributed by atoms with Crippen molar-refractivity contribution < 1.29 is 14.3 Å². The van der Waals surface area contributed by atoms with E-state index in [4.69, 9.17) is 4.74 Å². The molecule has 0 radical (unpaired) electrons. The van der Waals surface area contributed by atoms with E-state index in [-0.39, 0.29) is 12.5 Å². The number of amides is 1. The number of esters is 1. The van der Waals surface area contributed by atoms with E-state index in [0.29, 0.717) is 18.0 Å². The van der Waals surface area contributed by atoms with Crippen molar-refractivity contribution >= 4 is 11.9 Å². The van der Waals surface area contributed by atoms with Crippen LogP contribution >= 0.6 is 0 Å². The normalized spacial score (nSPS) is 10.6. The molecule has 0 spiro atoms. The van der Waals surface area contributed by atoms with Gasteiger partial charge in [-0.1, -0.05) is 31.5 Å². The van der Waals surface area contributed by atoms with E-state index >= 15 is 0 Å². The van der Waals surface area contributed by atoms with Crippen molar-refractivity contribution in [3.05, 3.63) is 34.4 Å². The van der Waals surface area contributed by atoms with Crippen LogP contribution in [0.15, 0.2) is 12.1 Å². The number of ether oxygens (including phenoxy) is 1. The summed E-state index contributed by atoms with van der Waals surface area (Å²) in [5.74, 6) is -0.166. The molecule has 1 amide bonds. The second-order valence-electron chi connectivity index (χ2n) is 5.88. The first-order chi connectivity index (χ1) is 9.81. The molecule has 4 nitrogen and oxygen atoms in total. The molecule has 1 N–H and O–H groups in total. The maximum absolute atomic E-state index is 12.1. The first kappa shape index (κ1) is 17.2. The van der Waals surface area contributed by atoms with E-state index in [1.807, 2.05) is 32.9 Å². The highest BCUT2D eigenvalue weighted by molar-refractivity contribution is 5.94. The van der Waals surface area contributed by atoms with Gasteiger partial charge in [-0.25, -0.2) is 4.79 Å². The average molecular weight is 291 g/mol. The molecule has 0 atom stereocenters. The molecule has 1 aromatic carbocycles. The number of aryl methyl sites for hydroxylation is 3. The van der Waals surface area contributed by atoms with E-state index in [1.165, 1.54) is 0 Å². The van der Waals surface area contributed by atoms with E-state index in [0.717, 1.165) is 23.1 Å². The smallest absolute Gasteiger partial charge is 0.339 e. The summed E-state index contributed by atoms with van der Waals surface area (Å²) in [5, 5.41) is 2.74. The third-order valence-corrected chi connectivity index (χ3v) is 3.26. The Morgan fingerprint density at radius 1 is 1.14 bits per heavy atom. The van der Waals surface area contributed by atoms with Crippen LogP contribution in [0.25, 0.3) is 0 Å². The molecule has 116 valence electrons. The van der Waals surface area contributed by atoms with Crippen molar-refractivity contribution in [1.82, 2.24) is 5.32 Å². The fourth-order valence-electron chi connectivity index (χ4n) is 2.26.